The predicted molar refractivity (Wildman–Crippen MR) is 71.8 cm³/mol. The smallest absolute Gasteiger partial charge is 0.310 e. The van der Waals surface area contributed by atoms with Crippen molar-refractivity contribution < 1.29 is 13.2 Å². The molecular weight excluding hydrogens is 301 g/mol. The van der Waals surface area contributed by atoms with E-state index in [1.54, 1.807) is 6.07 Å². The highest BCUT2D eigenvalue weighted by atomic mass is 32.2. The molecule has 0 aliphatic heterocycles. The van der Waals surface area contributed by atoms with Crippen LogP contribution in [-0.2, 0) is 12.7 Å². The number of alkyl halides is 3. The van der Waals surface area contributed by atoms with Gasteiger partial charge in [-0.3, -0.25) is 5.10 Å². The highest BCUT2D eigenvalue weighted by Gasteiger charge is 2.34. The fourth-order valence-electron chi connectivity index (χ4n) is 1.89. The van der Waals surface area contributed by atoms with Crippen molar-refractivity contribution in [2.24, 2.45) is 0 Å². The number of hydrogen-bond acceptors (Lipinski definition) is 4. The first kappa shape index (κ1) is 14.4. The minimum absolute atomic E-state index is 0.120. The fraction of sp³-hybridized carbons (Fsp3) is 0.385. The molecule has 1 fully saturated rings. The summed E-state index contributed by atoms with van der Waals surface area (Å²) in [5, 5.41) is 9.74. The average Bonchev–Trinajstić information content (AvgIpc) is 3.12. The molecule has 0 saturated heterocycles. The number of aromatic nitrogens is 3. The molecule has 0 radical (unpaired) electrons. The van der Waals surface area contributed by atoms with E-state index in [0.717, 1.165) is 24.6 Å². The molecule has 1 aromatic carbocycles. The molecule has 0 amide bonds. The van der Waals surface area contributed by atoms with Gasteiger partial charge < -0.3 is 5.32 Å². The summed E-state index contributed by atoms with van der Waals surface area (Å²) >= 11 is 0.924. The molecule has 112 valence electrons. The number of benzene rings is 1. The average molecular weight is 314 g/mol. The van der Waals surface area contributed by atoms with Gasteiger partial charge in [-0.1, -0.05) is 6.07 Å². The summed E-state index contributed by atoms with van der Waals surface area (Å²) < 4.78 is 39.6. The Morgan fingerprint density at radius 3 is 2.76 bits per heavy atom. The number of hydrogen-bond donors (Lipinski definition) is 2. The van der Waals surface area contributed by atoms with E-state index in [9.17, 15) is 13.2 Å². The Labute approximate surface area is 123 Å². The van der Waals surface area contributed by atoms with Gasteiger partial charge in [0.25, 0.3) is 0 Å². The summed E-state index contributed by atoms with van der Waals surface area (Å²) in [7, 11) is 0. The number of nitrogens with zero attached hydrogens (tertiary/aromatic N) is 2. The van der Waals surface area contributed by atoms with Gasteiger partial charge in [-0.25, -0.2) is 4.98 Å². The third kappa shape index (κ3) is 3.76. The van der Waals surface area contributed by atoms with Crippen LogP contribution in [0.2, 0.25) is 0 Å². The zero-order valence-electron chi connectivity index (χ0n) is 10.9. The van der Waals surface area contributed by atoms with Gasteiger partial charge in [0.1, 0.15) is 6.33 Å². The van der Waals surface area contributed by atoms with E-state index in [4.69, 9.17) is 0 Å². The third-order valence-electron chi connectivity index (χ3n) is 3.12. The zero-order chi connectivity index (χ0) is 14.9. The molecule has 3 rings (SSSR count). The van der Waals surface area contributed by atoms with Crippen LogP contribution >= 0.6 is 11.8 Å². The highest BCUT2D eigenvalue weighted by Crippen LogP contribution is 2.39. The van der Waals surface area contributed by atoms with Crippen LogP contribution in [0, 0.1) is 0 Å². The van der Waals surface area contributed by atoms with Gasteiger partial charge in [-0.15, -0.1) is 0 Å². The maximum atomic E-state index is 13.2. The van der Waals surface area contributed by atoms with Crippen LogP contribution in [-0.4, -0.2) is 21.2 Å². The van der Waals surface area contributed by atoms with Crippen LogP contribution in [0.4, 0.5) is 13.2 Å². The second-order valence-electron chi connectivity index (χ2n) is 4.88. The number of halogens is 3. The van der Waals surface area contributed by atoms with Gasteiger partial charge in [0.05, 0.1) is 5.56 Å². The molecule has 2 N–H and O–H groups in total. The van der Waals surface area contributed by atoms with Crippen molar-refractivity contribution in [1.29, 1.82) is 0 Å². The molecule has 0 bridgehead atoms. The van der Waals surface area contributed by atoms with Crippen LogP contribution in [0.1, 0.15) is 24.0 Å². The Kier molecular flexibility index (Phi) is 3.90. The minimum atomic E-state index is -4.39. The molecule has 8 heteroatoms. The van der Waals surface area contributed by atoms with Crippen molar-refractivity contribution in [2.45, 2.75) is 41.7 Å². The summed E-state index contributed by atoms with van der Waals surface area (Å²) in [6.07, 6.45) is -0.918. The highest BCUT2D eigenvalue weighted by molar-refractivity contribution is 7.99. The quantitative estimate of drug-likeness (QED) is 0.890. The van der Waals surface area contributed by atoms with Gasteiger partial charge in [0, 0.05) is 17.5 Å². The van der Waals surface area contributed by atoms with Gasteiger partial charge in [-0.05, 0) is 42.3 Å². The van der Waals surface area contributed by atoms with E-state index in [1.807, 2.05) is 0 Å². The topological polar surface area (TPSA) is 53.6 Å². The Morgan fingerprint density at radius 2 is 2.14 bits per heavy atom. The molecule has 4 nitrogen and oxygen atoms in total. The number of nitrogens with one attached hydrogen (secondary N) is 2. The lowest BCUT2D eigenvalue weighted by atomic mass is 10.1. The van der Waals surface area contributed by atoms with E-state index in [-0.39, 0.29) is 4.90 Å². The summed E-state index contributed by atoms with van der Waals surface area (Å²) in [4.78, 5) is 3.96. The normalized spacial score (nSPS) is 15.4. The summed E-state index contributed by atoms with van der Waals surface area (Å²) in [6, 6.07) is 4.86. The maximum absolute atomic E-state index is 13.2. The van der Waals surface area contributed by atoms with Crippen LogP contribution in [0.25, 0.3) is 0 Å². The molecular formula is C13H13F3N4S. The van der Waals surface area contributed by atoms with E-state index in [1.165, 1.54) is 18.5 Å². The molecule has 1 aliphatic rings. The molecule has 0 atom stereocenters. The first-order chi connectivity index (χ1) is 10.0. The lowest BCUT2D eigenvalue weighted by Gasteiger charge is -2.13. The summed E-state index contributed by atoms with van der Waals surface area (Å²) in [6.45, 7) is 0.459. The van der Waals surface area contributed by atoms with E-state index in [0.29, 0.717) is 23.3 Å². The van der Waals surface area contributed by atoms with Gasteiger partial charge >= 0.3 is 6.18 Å². The van der Waals surface area contributed by atoms with E-state index >= 15 is 0 Å². The lowest BCUT2D eigenvalue weighted by molar-refractivity contribution is -0.139. The second kappa shape index (κ2) is 5.69. The largest absolute Gasteiger partial charge is 0.417 e. The van der Waals surface area contributed by atoms with Crippen LogP contribution < -0.4 is 5.32 Å². The number of H-pyrrole nitrogens is 1. The van der Waals surface area contributed by atoms with Crippen molar-refractivity contribution >= 4 is 11.8 Å². The van der Waals surface area contributed by atoms with Crippen molar-refractivity contribution in [1.82, 2.24) is 20.5 Å². The van der Waals surface area contributed by atoms with Gasteiger partial charge in [-0.2, -0.15) is 18.3 Å². The Hall–Kier alpha value is -1.54. The second-order valence-corrected chi connectivity index (χ2v) is 5.91. The van der Waals surface area contributed by atoms with Crippen LogP contribution in [0.5, 0.6) is 0 Å². The third-order valence-corrected chi connectivity index (χ3v) is 4.09. The Morgan fingerprint density at radius 1 is 1.33 bits per heavy atom. The van der Waals surface area contributed by atoms with E-state index < -0.39 is 11.7 Å². The molecule has 1 aromatic heterocycles. The number of aromatic amines is 1. The summed E-state index contributed by atoms with van der Waals surface area (Å²) in [5.74, 6) is 0. The van der Waals surface area contributed by atoms with Crippen molar-refractivity contribution in [3.63, 3.8) is 0 Å². The van der Waals surface area contributed by atoms with Crippen LogP contribution in [0.3, 0.4) is 0 Å². The molecule has 2 aromatic rings. The molecule has 0 unspecified atom stereocenters. The van der Waals surface area contributed by atoms with E-state index in [2.05, 4.69) is 20.5 Å². The Balaban J connectivity index is 1.83. The lowest BCUT2D eigenvalue weighted by Crippen LogP contribution is -2.16. The predicted octanol–water partition coefficient (Wildman–Crippen LogP) is 3.23. The van der Waals surface area contributed by atoms with Crippen molar-refractivity contribution in [3.8, 4) is 0 Å². The molecule has 21 heavy (non-hydrogen) atoms. The SMILES string of the molecule is FC(F)(F)c1cc(CNC2CC2)ccc1Sc1ncn[nH]1. The fourth-order valence-corrected chi connectivity index (χ4v) is 2.72. The maximum Gasteiger partial charge on any atom is 0.417 e. The van der Waals surface area contributed by atoms with Crippen molar-refractivity contribution in [3.05, 3.63) is 35.7 Å². The minimum Gasteiger partial charge on any atom is -0.310 e. The van der Waals surface area contributed by atoms with Crippen LogP contribution in [0.15, 0.2) is 34.6 Å². The molecule has 0 spiro atoms. The molecule has 1 saturated carbocycles. The summed E-state index contributed by atoms with van der Waals surface area (Å²) in [5.41, 5.74) is -0.00450. The Bertz CT molecular complexity index is 608. The van der Waals surface area contributed by atoms with Gasteiger partial charge in [0.15, 0.2) is 5.16 Å². The first-order valence-electron chi connectivity index (χ1n) is 6.49. The first-order valence-corrected chi connectivity index (χ1v) is 7.31. The monoisotopic (exact) mass is 314 g/mol. The van der Waals surface area contributed by atoms with Crippen molar-refractivity contribution in [2.75, 3.05) is 0 Å². The standard InChI is InChI=1S/C13H13F3N4S/c14-13(15,16)10-5-8(6-17-9-2-3-9)1-4-11(10)21-12-18-7-19-20-12/h1,4-5,7,9,17H,2-3,6H2,(H,18,19,20). The van der Waals surface area contributed by atoms with Gasteiger partial charge in [0.2, 0.25) is 0 Å². The zero-order valence-corrected chi connectivity index (χ0v) is 11.8. The molecule has 1 heterocycles. The molecule has 1 aliphatic carbocycles. The number of rotatable bonds is 5.